The molecular weight excluding hydrogens is 268 g/mol. The Morgan fingerprint density at radius 1 is 1.42 bits per heavy atom. The van der Waals surface area contributed by atoms with Crippen LogP contribution in [0.15, 0.2) is 22.2 Å². The third-order valence-electron chi connectivity index (χ3n) is 2.87. The van der Waals surface area contributed by atoms with Gasteiger partial charge in [-0.2, -0.15) is 4.98 Å². The summed E-state index contributed by atoms with van der Waals surface area (Å²) in [6, 6.07) is 1.39. The van der Waals surface area contributed by atoms with Gasteiger partial charge in [-0.25, -0.2) is 4.68 Å². The van der Waals surface area contributed by atoms with Crippen molar-refractivity contribution in [3.8, 4) is 0 Å². The third kappa shape index (κ3) is 3.71. The van der Waals surface area contributed by atoms with Crippen LogP contribution in [0.25, 0.3) is 0 Å². The Morgan fingerprint density at radius 3 is 2.74 bits per heavy atom. The molecule has 1 fully saturated rings. The lowest BCUT2D eigenvalue weighted by Crippen LogP contribution is -2.50. The zero-order valence-electron chi connectivity index (χ0n) is 10.7. The van der Waals surface area contributed by atoms with Crippen molar-refractivity contribution in [3.63, 3.8) is 0 Å². The molecule has 0 amide bonds. The molecule has 2 heterocycles. The second-order valence-corrected chi connectivity index (χ2v) is 5.27. The van der Waals surface area contributed by atoms with Crippen LogP contribution in [0.1, 0.15) is 0 Å². The maximum Gasteiger partial charge on any atom is 0.313 e. The van der Waals surface area contributed by atoms with E-state index in [0.717, 1.165) is 37.9 Å². The van der Waals surface area contributed by atoms with Crippen LogP contribution >= 0.6 is 11.8 Å². The Bertz CT molecular complexity index is 511. The highest BCUT2D eigenvalue weighted by Crippen LogP contribution is 2.14. The predicted molar refractivity (Wildman–Crippen MR) is 72.3 cm³/mol. The van der Waals surface area contributed by atoms with Crippen LogP contribution in [0.2, 0.25) is 0 Å². The van der Waals surface area contributed by atoms with E-state index in [1.165, 1.54) is 6.07 Å². The van der Waals surface area contributed by atoms with Gasteiger partial charge in [0.2, 0.25) is 0 Å². The highest BCUT2D eigenvalue weighted by Gasteiger charge is 2.17. The zero-order chi connectivity index (χ0) is 13.8. The first-order chi connectivity index (χ1) is 9.06. The largest absolute Gasteiger partial charge is 0.481 e. The Morgan fingerprint density at radius 2 is 2.11 bits per heavy atom. The molecule has 104 valence electrons. The van der Waals surface area contributed by atoms with Crippen LogP contribution in [-0.2, 0) is 4.79 Å². The van der Waals surface area contributed by atoms with Crippen LogP contribution in [0.3, 0.4) is 0 Å². The summed E-state index contributed by atoms with van der Waals surface area (Å²) in [5.74, 6) is -1.03. The fourth-order valence-electron chi connectivity index (χ4n) is 1.83. The van der Waals surface area contributed by atoms with Crippen molar-refractivity contribution in [3.05, 3.63) is 22.6 Å². The smallest absolute Gasteiger partial charge is 0.313 e. The van der Waals surface area contributed by atoms with E-state index in [0.29, 0.717) is 5.16 Å². The van der Waals surface area contributed by atoms with E-state index in [2.05, 4.69) is 21.9 Å². The van der Waals surface area contributed by atoms with E-state index < -0.39 is 5.97 Å². The standard InChI is InChI=1S/C11H16N4O3S/c1-13-4-6-14(7-5-13)15-3-2-9(16)12-11(15)19-8-10(17)18/h2-3H,4-8H2,1H3,(H,17,18). The fraction of sp³-hybridized carbons (Fsp3) is 0.545. The lowest BCUT2D eigenvalue weighted by molar-refractivity contribution is -0.133. The topological polar surface area (TPSA) is 78.7 Å². The van der Waals surface area contributed by atoms with Crippen molar-refractivity contribution in [2.45, 2.75) is 5.16 Å². The average molecular weight is 284 g/mol. The molecule has 0 aromatic carbocycles. The van der Waals surface area contributed by atoms with Gasteiger partial charge in [0.05, 0.1) is 5.75 Å². The lowest BCUT2D eigenvalue weighted by Gasteiger charge is -2.35. The highest BCUT2D eigenvalue weighted by molar-refractivity contribution is 7.99. The van der Waals surface area contributed by atoms with Gasteiger partial charge in [-0.15, -0.1) is 0 Å². The Labute approximate surface area is 114 Å². The van der Waals surface area contributed by atoms with Crippen LogP contribution in [0, 0.1) is 0 Å². The number of likely N-dealkylation sites (N-methyl/N-ethyl adjacent to an activating group) is 1. The SMILES string of the molecule is CN1CCN(n2ccc(=O)nc2SCC(=O)O)CC1. The molecule has 1 N–H and O–H groups in total. The summed E-state index contributed by atoms with van der Waals surface area (Å²) in [5, 5.41) is 11.2. The van der Waals surface area contributed by atoms with Crippen LogP contribution in [0.5, 0.6) is 0 Å². The number of carbonyl (C=O) groups is 1. The minimum Gasteiger partial charge on any atom is -0.481 e. The zero-order valence-corrected chi connectivity index (χ0v) is 11.5. The molecule has 7 nitrogen and oxygen atoms in total. The van der Waals surface area contributed by atoms with Crippen molar-refractivity contribution < 1.29 is 9.90 Å². The maximum atomic E-state index is 11.3. The summed E-state index contributed by atoms with van der Waals surface area (Å²) < 4.78 is 1.78. The number of rotatable bonds is 4. The predicted octanol–water partition coefficient (Wildman–Crippen LogP) is -0.697. The minimum absolute atomic E-state index is 0.107. The monoisotopic (exact) mass is 284 g/mol. The van der Waals surface area contributed by atoms with Gasteiger partial charge < -0.3 is 15.0 Å². The van der Waals surface area contributed by atoms with E-state index in [-0.39, 0.29) is 11.3 Å². The summed E-state index contributed by atoms with van der Waals surface area (Å²) in [7, 11) is 2.06. The quantitative estimate of drug-likeness (QED) is 0.579. The molecule has 0 aliphatic carbocycles. The number of carboxylic acids is 1. The molecule has 0 unspecified atom stereocenters. The number of hydrogen-bond donors (Lipinski definition) is 1. The van der Waals surface area contributed by atoms with E-state index in [1.807, 2.05) is 0 Å². The molecule has 19 heavy (non-hydrogen) atoms. The van der Waals surface area contributed by atoms with Gasteiger partial charge in [0, 0.05) is 38.4 Å². The number of carboxylic acid groups (broad SMARTS) is 1. The number of nitrogens with zero attached hydrogens (tertiary/aromatic N) is 4. The van der Waals surface area contributed by atoms with Gasteiger partial charge in [0.15, 0.2) is 5.16 Å². The summed E-state index contributed by atoms with van der Waals surface area (Å²) in [6.45, 7) is 3.49. The van der Waals surface area contributed by atoms with E-state index in [9.17, 15) is 9.59 Å². The van der Waals surface area contributed by atoms with Gasteiger partial charge in [0.25, 0.3) is 5.56 Å². The van der Waals surface area contributed by atoms with E-state index >= 15 is 0 Å². The summed E-state index contributed by atoms with van der Waals surface area (Å²) in [6.07, 6.45) is 1.66. The molecule has 1 aliphatic heterocycles. The molecule has 1 aromatic rings. The summed E-state index contributed by atoms with van der Waals surface area (Å²) in [4.78, 5) is 28.1. The second kappa shape index (κ2) is 6.07. The summed E-state index contributed by atoms with van der Waals surface area (Å²) >= 11 is 1.06. The van der Waals surface area contributed by atoms with Gasteiger partial charge in [-0.3, -0.25) is 9.59 Å². The van der Waals surface area contributed by atoms with Gasteiger partial charge in [0.1, 0.15) is 0 Å². The van der Waals surface area contributed by atoms with Gasteiger partial charge in [-0.1, -0.05) is 11.8 Å². The van der Waals surface area contributed by atoms with E-state index in [4.69, 9.17) is 5.11 Å². The molecule has 2 rings (SSSR count). The molecule has 0 atom stereocenters. The molecule has 0 radical (unpaired) electrons. The molecule has 8 heteroatoms. The average Bonchev–Trinajstić information content (AvgIpc) is 2.38. The molecule has 1 aliphatic rings. The molecular formula is C11H16N4O3S. The van der Waals surface area contributed by atoms with Gasteiger partial charge in [-0.05, 0) is 7.05 Å². The van der Waals surface area contributed by atoms with Crippen molar-refractivity contribution in [2.24, 2.45) is 0 Å². The fourth-order valence-corrected chi connectivity index (χ4v) is 2.55. The van der Waals surface area contributed by atoms with Crippen molar-refractivity contribution >= 4 is 17.7 Å². The van der Waals surface area contributed by atoms with Crippen LogP contribution in [-0.4, -0.2) is 64.6 Å². The van der Waals surface area contributed by atoms with Crippen LogP contribution < -0.4 is 10.6 Å². The minimum atomic E-state index is -0.923. The molecule has 0 saturated carbocycles. The number of hydrogen-bond acceptors (Lipinski definition) is 6. The molecule has 1 saturated heterocycles. The first kappa shape index (κ1) is 13.9. The normalized spacial score (nSPS) is 16.6. The maximum absolute atomic E-state index is 11.3. The third-order valence-corrected chi connectivity index (χ3v) is 3.80. The van der Waals surface area contributed by atoms with Crippen molar-refractivity contribution in [2.75, 3.05) is 44.0 Å². The Balaban J connectivity index is 2.18. The van der Waals surface area contributed by atoms with Crippen molar-refractivity contribution in [1.82, 2.24) is 14.6 Å². The van der Waals surface area contributed by atoms with E-state index in [1.54, 1.807) is 10.9 Å². The lowest BCUT2D eigenvalue weighted by atomic mass is 10.4. The number of thioether (sulfide) groups is 1. The number of aromatic nitrogens is 2. The number of piperazine rings is 1. The Hall–Kier alpha value is -1.54. The highest BCUT2D eigenvalue weighted by atomic mass is 32.2. The molecule has 1 aromatic heterocycles. The van der Waals surface area contributed by atoms with Crippen molar-refractivity contribution in [1.29, 1.82) is 0 Å². The molecule has 0 bridgehead atoms. The Kier molecular flexibility index (Phi) is 4.43. The number of aliphatic carboxylic acids is 1. The second-order valence-electron chi connectivity index (χ2n) is 4.33. The van der Waals surface area contributed by atoms with Crippen LogP contribution in [0.4, 0.5) is 0 Å². The first-order valence-electron chi connectivity index (χ1n) is 5.94. The van der Waals surface area contributed by atoms with Gasteiger partial charge >= 0.3 is 5.97 Å². The summed E-state index contributed by atoms with van der Waals surface area (Å²) in [5.41, 5.74) is -0.349. The first-order valence-corrected chi connectivity index (χ1v) is 6.93. The molecule has 0 spiro atoms.